The highest BCUT2D eigenvalue weighted by molar-refractivity contribution is 5.83. The summed E-state index contributed by atoms with van der Waals surface area (Å²) in [5.41, 5.74) is 0. The lowest BCUT2D eigenvalue weighted by atomic mass is 10.0. The van der Waals surface area contributed by atoms with E-state index in [0.717, 1.165) is 39.0 Å². The smallest absolute Gasteiger partial charge is 0.219 e. The predicted octanol–water partition coefficient (Wildman–Crippen LogP) is 0.910. The Morgan fingerprint density at radius 2 is 1.65 bits per heavy atom. The van der Waals surface area contributed by atoms with Gasteiger partial charge >= 0.3 is 0 Å². The first kappa shape index (κ1) is 12.6. The molecule has 1 amide bonds. The third-order valence-corrected chi connectivity index (χ3v) is 4.01. The van der Waals surface area contributed by atoms with Crippen LogP contribution in [0.15, 0.2) is 0 Å². The summed E-state index contributed by atoms with van der Waals surface area (Å²) in [5, 5.41) is 0. The van der Waals surface area contributed by atoms with Crippen LogP contribution in [0.1, 0.15) is 32.6 Å². The number of rotatable bonds is 3. The zero-order chi connectivity index (χ0) is 12.3. The molecule has 4 nitrogen and oxygen atoms in total. The van der Waals surface area contributed by atoms with E-state index in [1.807, 2.05) is 4.90 Å². The molecule has 0 aromatic rings. The minimum absolute atomic E-state index is 0.145. The van der Waals surface area contributed by atoms with Gasteiger partial charge in [0.15, 0.2) is 0 Å². The van der Waals surface area contributed by atoms with Gasteiger partial charge in [-0.15, -0.1) is 0 Å². The number of nitrogens with zero attached hydrogens (tertiary/aromatic N) is 2. The maximum absolute atomic E-state index is 12.0. The molecule has 0 atom stereocenters. The van der Waals surface area contributed by atoms with Crippen LogP contribution >= 0.6 is 0 Å². The topological polar surface area (TPSA) is 40.6 Å². The fourth-order valence-electron chi connectivity index (χ4n) is 2.82. The van der Waals surface area contributed by atoms with Crippen molar-refractivity contribution in [2.45, 2.75) is 32.6 Å². The summed E-state index contributed by atoms with van der Waals surface area (Å²) in [5.74, 6) is 0.881. The van der Waals surface area contributed by atoms with E-state index in [9.17, 15) is 9.59 Å². The molecule has 0 spiro atoms. The predicted molar refractivity (Wildman–Crippen MR) is 65.7 cm³/mol. The van der Waals surface area contributed by atoms with Gasteiger partial charge in [-0.2, -0.15) is 0 Å². The summed E-state index contributed by atoms with van der Waals surface area (Å²) in [4.78, 5) is 27.2. The van der Waals surface area contributed by atoms with Gasteiger partial charge in [0.2, 0.25) is 5.91 Å². The lowest BCUT2D eigenvalue weighted by Crippen LogP contribution is -2.49. The van der Waals surface area contributed by atoms with Crippen molar-refractivity contribution in [3.05, 3.63) is 0 Å². The van der Waals surface area contributed by atoms with Crippen molar-refractivity contribution in [3.63, 3.8) is 0 Å². The summed E-state index contributed by atoms with van der Waals surface area (Å²) in [6.07, 6.45) is 4.61. The minimum Gasteiger partial charge on any atom is -0.340 e. The van der Waals surface area contributed by atoms with Crippen molar-refractivity contribution in [1.29, 1.82) is 0 Å². The summed E-state index contributed by atoms with van der Waals surface area (Å²) in [7, 11) is 0. The van der Waals surface area contributed by atoms with Crippen molar-refractivity contribution in [3.8, 4) is 0 Å². The average Bonchev–Trinajstić information content (AvgIpc) is 2.83. The molecule has 0 aromatic carbocycles. The Kier molecular flexibility index (Phi) is 4.15. The second-order valence-corrected chi connectivity index (χ2v) is 5.23. The van der Waals surface area contributed by atoms with Crippen molar-refractivity contribution >= 4 is 11.7 Å². The summed E-state index contributed by atoms with van der Waals surface area (Å²) in [6.45, 7) is 5.44. The van der Waals surface area contributed by atoms with Gasteiger partial charge in [-0.3, -0.25) is 14.5 Å². The number of Topliss-reactive ketones (excluding diaryl/α,β-unsaturated/α-hetero) is 1. The van der Waals surface area contributed by atoms with E-state index in [4.69, 9.17) is 0 Å². The zero-order valence-corrected chi connectivity index (χ0v) is 10.7. The molecule has 0 radical (unpaired) electrons. The molecule has 1 aliphatic carbocycles. The average molecular weight is 238 g/mol. The van der Waals surface area contributed by atoms with Crippen LogP contribution in [0.3, 0.4) is 0 Å². The molecule has 0 aromatic heterocycles. The van der Waals surface area contributed by atoms with Gasteiger partial charge in [-0.05, 0) is 12.8 Å². The molecule has 1 saturated heterocycles. The van der Waals surface area contributed by atoms with Crippen LogP contribution in [-0.2, 0) is 9.59 Å². The van der Waals surface area contributed by atoms with E-state index < -0.39 is 0 Å². The number of carbonyl (C=O) groups excluding carboxylic acids is 2. The second kappa shape index (κ2) is 5.63. The Hall–Kier alpha value is -0.900. The molecule has 1 saturated carbocycles. The Balaban J connectivity index is 1.74. The maximum atomic E-state index is 12.0. The molecular formula is C13H22N2O2. The van der Waals surface area contributed by atoms with Crippen LogP contribution in [0.5, 0.6) is 0 Å². The van der Waals surface area contributed by atoms with Gasteiger partial charge in [-0.25, -0.2) is 0 Å². The SMILES string of the molecule is CC(=O)N1CCN(CC(=O)C2CCCC2)CC1. The lowest BCUT2D eigenvalue weighted by Gasteiger charge is -2.34. The van der Waals surface area contributed by atoms with E-state index >= 15 is 0 Å². The maximum Gasteiger partial charge on any atom is 0.219 e. The molecule has 0 unspecified atom stereocenters. The van der Waals surface area contributed by atoms with Gasteiger partial charge in [0.05, 0.1) is 6.54 Å². The molecule has 2 fully saturated rings. The first-order valence-corrected chi connectivity index (χ1v) is 6.67. The van der Waals surface area contributed by atoms with Crippen molar-refractivity contribution in [1.82, 2.24) is 9.80 Å². The largest absolute Gasteiger partial charge is 0.340 e. The Morgan fingerprint density at radius 3 is 2.18 bits per heavy atom. The van der Waals surface area contributed by atoms with E-state index in [0.29, 0.717) is 18.2 Å². The highest BCUT2D eigenvalue weighted by Gasteiger charge is 2.26. The van der Waals surface area contributed by atoms with Gasteiger partial charge in [0.1, 0.15) is 5.78 Å². The van der Waals surface area contributed by atoms with Crippen LogP contribution in [0.25, 0.3) is 0 Å². The highest BCUT2D eigenvalue weighted by atomic mass is 16.2. The van der Waals surface area contributed by atoms with Crippen molar-refractivity contribution in [2.75, 3.05) is 32.7 Å². The first-order chi connectivity index (χ1) is 8.16. The molecule has 2 rings (SSSR count). The number of amides is 1. The molecule has 2 aliphatic rings. The molecule has 0 N–H and O–H groups in total. The fourth-order valence-corrected chi connectivity index (χ4v) is 2.82. The van der Waals surface area contributed by atoms with Crippen LogP contribution < -0.4 is 0 Å². The van der Waals surface area contributed by atoms with Gasteiger partial charge < -0.3 is 4.90 Å². The lowest BCUT2D eigenvalue weighted by molar-refractivity contribution is -0.131. The molecule has 17 heavy (non-hydrogen) atoms. The Morgan fingerprint density at radius 1 is 1.06 bits per heavy atom. The number of hydrogen-bond acceptors (Lipinski definition) is 3. The summed E-state index contributed by atoms with van der Waals surface area (Å²) in [6, 6.07) is 0. The summed E-state index contributed by atoms with van der Waals surface area (Å²) < 4.78 is 0. The normalized spacial score (nSPS) is 23.0. The third kappa shape index (κ3) is 3.28. The second-order valence-electron chi connectivity index (χ2n) is 5.23. The molecule has 96 valence electrons. The van der Waals surface area contributed by atoms with E-state index in [1.54, 1.807) is 6.92 Å². The van der Waals surface area contributed by atoms with Crippen LogP contribution in [0.4, 0.5) is 0 Å². The van der Waals surface area contributed by atoms with Crippen molar-refractivity contribution in [2.24, 2.45) is 5.92 Å². The standard InChI is InChI=1S/C13H22N2O2/c1-11(16)15-8-6-14(7-9-15)10-13(17)12-4-2-3-5-12/h12H,2-10H2,1H3. The number of piperazine rings is 1. The van der Waals surface area contributed by atoms with Crippen LogP contribution in [0.2, 0.25) is 0 Å². The van der Waals surface area contributed by atoms with Crippen molar-refractivity contribution < 1.29 is 9.59 Å². The minimum atomic E-state index is 0.145. The van der Waals surface area contributed by atoms with Gasteiger partial charge in [-0.1, -0.05) is 12.8 Å². The number of carbonyl (C=O) groups is 2. The number of ketones is 1. The number of hydrogen-bond donors (Lipinski definition) is 0. The Bertz CT molecular complexity index is 290. The molecule has 1 aliphatic heterocycles. The summed E-state index contributed by atoms with van der Waals surface area (Å²) >= 11 is 0. The van der Waals surface area contributed by atoms with Gasteiger partial charge in [0.25, 0.3) is 0 Å². The molecule has 4 heteroatoms. The zero-order valence-electron chi connectivity index (χ0n) is 10.7. The van der Waals surface area contributed by atoms with Crippen LogP contribution in [0, 0.1) is 5.92 Å². The fraction of sp³-hybridized carbons (Fsp3) is 0.846. The van der Waals surface area contributed by atoms with E-state index in [2.05, 4.69) is 4.90 Å². The first-order valence-electron chi connectivity index (χ1n) is 6.67. The Labute approximate surface area is 103 Å². The molecular weight excluding hydrogens is 216 g/mol. The third-order valence-electron chi connectivity index (χ3n) is 4.01. The monoisotopic (exact) mass is 238 g/mol. The van der Waals surface area contributed by atoms with Gasteiger partial charge in [0, 0.05) is 39.0 Å². The highest BCUT2D eigenvalue weighted by Crippen LogP contribution is 2.25. The van der Waals surface area contributed by atoms with E-state index in [-0.39, 0.29) is 5.91 Å². The molecule has 1 heterocycles. The van der Waals surface area contributed by atoms with Crippen LogP contribution in [-0.4, -0.2) is 54.2 Å². The molecule has 0 bridgehead atoms. The van der Waals surface area contributed by atoms with E-state index in [1.165, 1.54) is 12.8 Å². The quantitative estimate of drug-likeness (QED) is 0.734.